The van der Waals surface area contributed by atoms with E-state index in [9.17, 15) is 13.2 Å². The van der Waals surface area contributed by atoms with Gasteiger partial charge in [0.25, 0.3) is 0 Å². The Kier molecular flexibility index (Phi) is 8.47. The molecule has 6 nitrogen and oxygen atoms in total. The molecule has 1 heterocycles. The molecule has 0 saturated carbocycles. The summed E-state index contributed by atoms with van der Waals surface area (Å²) in [7, 11) is 1.55. The first kappa shape index (κ1) is 23.9. The summed E-state index contributed by atoms with van der Waals surface area (Å²) >= 11 is 5.96. The zero-order valence-corrected chi connectivity index (χ0v) is 18.8. The molecule has 0 fully saturated rings. The van der Waals surface area contributed by atoms with Gasteiger partial charge < -0.3 is 15.2 Å². The summed E-state index contributed by atoms with van der Waals surface area (Å²) in [5.41, 5.74) is 0.502. The van der Waals surface area contributed by atoms with E-state index < -0.39 is 11.7 Å². The van der Waals surface area contributed by atoms with E-state index in [1.54, 1.807) is 31.3 Å². The van der Waals surface area contributed by atoms with Gasteiger partial charge in [-0.25, -0.2) is 0 Å². The lowest BCUT2D eigenvalue weighted by Gasteiger charge is -2.12. The zero-order chi connectivity index (χ0) is 20.9. The average Bonchev–Trinajstić information content (AvgIpc) is 3.17. The summed E-state index contributed by atoms with van der Waals surface area (Å²) in [5.74, 6) is 1.10. The molecule has 0 radical (unpaired) electrons. The second-order valence-electron chi connectivity index (χ2n) is 6.00. The van der Waals surface area contributed by atoms with Crippen LogP contribution in [0, 0.1) is 0 Å². The van der Waals surface area contributed by atoms with Gasteiger partial charge in [-0.3, -0.25) is 4.99 Å². The maximum absolute atomic E-state index is 12.8. The van der Waals surface area contributed by atoms with Crippen LogP contribution in [0.5, 0.6) is 0 Å². The fourth-order valence-electron chi connectivity index (χ4n) is 2.49. The van der Waals surface area contributed by atoms with Crippen LogP contribution < -0.4 is 10.6 Å². The minimum absolute atomic E-state index is 0. The van der Waals surface area contributed by atoms with Gasteiger partial charge in [-0.15, -0.1) is 24.0 Å². The molecule has 0 bridgehead atoms. The Bertz CT molecular complexity index is 1010. The number of benzene rings is 2. The largest absolute Gasteiger partial charge is 0.416 e. The van der Waals surface area contributed by atoms with E-state index in [4.69, 9.17) is 16.1 Å². The fourth-order valence-corrected chi connectivity index (χ4v) is 2.69. The molecule has 30 heavy (non-hydrogen) atoms. The van der Waals surface area contributed by atoms with Crippen LogP contribution >= 0.6 is 35.6 Å². The summed E-state index contributed by atoms with van der Waals surface area (Å²) in [6, 6.07) is 12.2. The first-order valence-corrected chi connectivity index (χ1v) is 8.92. The summed E-state index contributed by atoms with van der Waals surface area (Å²) in [6.07, 6.45) is -4.38. The van der Waals surface area contributed by atoms with Crippen LogP contribution in [0.25, 0.3) is 11.4 Å². The molecule has 0 aliphatic rings. The highest BCUT2D eigenvalue weighted by Crippen LogP contribution is 2.29. The third-order valence-electron chi connectivity index (χ3n) is 3.90. The second-order valence-corrected chi connectivity index (χ2v) is 6.44. The highest BCUT2D eigenvalue weighted by Gasteiger charge is 2.30. The number of halogens is 5. The van der Waals surface area contributed by atoms with E-state index in [2.05, 4.69) is 25.8 Å². The molecule has 2 aromatic carbocycles. The van der Waals surface area contributed by atoms with Crippen molar-refractivity contribution in [2.24, 2.45) is 4.99 Å². The lowest BCUT2D eigenvalue weighted by molar-refractivity contribution is -0.137. The fraction of sp³-hybridized carbons (Fsp3) is 0.211. The van der Waals surface area contributed by atoms with Crippen molar-refractivity contribution in [2.45, 2.75) is 19.3 Å². The van der Waals surface area contributed by atoms with Crippen molar-refractivity contribution < 1.29 is 17.7 Å². The van der Waals surface area contributed by atoms with Crippen LogP contribution in [0.4, 0.5) is 13.2 Å². The Morgan fingerprint density at radius 3 is 2.53 bits per heavy atom. The van der Waals surface area contributed by atoms with E-state index in [-0.39, 0.29) is 37.1 Å². The Morgan fingerprint density at radius 1 is 1.10 bits per heavy atom. The number of hydrogen-bond acceptors (Lipinski definition) is 4. The van der Waals surface area contributed by atoms with Crippen LogP contribution in [0.3, 0.4) is 0 Å². The van der Waals surface area contributed by atoms with Crippen molar-refractivity contribution in [3.05, 3.63) is 70.6 Å². The number of nitrogens with one attached hydrogen (secondary N) is 2. The predicted molar refractivity (Wildman–Crippen MR) is 119 cm³/mol. The number of nitrogens with zero attached hydrogens (tertiary/aromatic N) is 3. The number of rotatable bonds is 5. The molecule has 0 unspecified atom stereocenters. The Hall–Kier alpha value is -2.34. The van der Waals surface area contributed by atoms with Gasteiger partial charge in [-0.2, -0.15) is 18.2 Å². The topological polar surface area (TPSA) is 75.3 Å². The van der Waals surface area contributed by atoms with Crippen molar-refractivity contribution in [3.8, 4) is 11.4 Å². The van der Waals surface area contributed by atoms with Crippen LogP contribution in [-0.4, -0.2) is 23.1 Å². The van der Waals surface area contributed by atoms with Crippen molar-refractivity contribution in [1.29, 1.82) is 0 Å². The van der Waals surface area contributed by atoms with Crippen molar-refractivity contribution >= 4 is 41.5 Å². The molecule has 0 atom stereocenters. The van der Waals surface area contributed by atoms with Gasteiger partial charge in [0.1, 0.15) is 0 Å². The number of alkyl halides is 3. The molecule has 160 valence electrons. The van der Waals surface area contributed by atoms with Crippen LogP contribution in [-0.2, 0) is 19.3 Å². The van der Waals surface area contributed by atoms with Gasteiger partial charge in [0, 0.05) is 24.2 Å². The van der Waals surface area contributed by atoms with Gasteiger partial charge in [-0.1, -0.05) is 41.0 Å². The number of aromatic nitrogens is 2. The third kappa shape index (κ3) is 6.59. The normalized spacial score (nSPS) is 11.7. The maximum atomic E-state index is 12.8. The van der Waals surface area contributed by atoms with E-state index >= 15 is 0 Å². The number of hydrogen-bond donors (Lipinski definition) is 2. The quantitative estimate of drug-likeness (QED) is 0.268. The summed E-state index contributed by atoms with van der Waals surface area (Å²) in [6.45, 7) is 0.358. The van der Waals surface area contributed by atoms with Gasteiger partial charge >= 0.3 is 6.18 Å². The average molecular weight is 552 g/mol. The Labute approximate surface area is 192 Å². The number of guanidine groups is 1. The van der Waals surface area contributed by atoms with Gasteiger partial charge in [0.2, 0.25) is 11.7 Å². The molecular weight excluding hydrogens is 534 g/mol. The number of aliphatic imine (C=N–C) groups is 1. The Balaban J connectivity index is 0.00000320. The molecule has 11 heteroatoms. The van der Waals surface area contributed by atoms with E-state index in [1.165, 1.54) is 6.07 Å². The predicted octanol–water partition coefficient (Wildman–Crippen LogP) is 4.89. The summed E-state index contributed by atoms with van der Waals surface area (Å²) in [4.78, 5) is 8.31. The van der Waals surface area contributed by atoms with Gasteiger partial charge in [-0.05, 0) is 29.8 Å². The monoisotopic (exact) mass is 551 g/mol. The van der Waals surface area contributed by atoms with E-state index in [0.29, 0.717) is 28.3 Å². The molecule has 3 aromatic rings. The minimum Gasteiger partial charge on any atom is -0.352 e. The Morgan fingerprint density at radius 2 is 1.83 bits per heavy atom. The standard InChI is InChI=1S/C19H17ClF3N5O.HI/c1-24-18(25-10-12-4-2-6-14(8-12)19(21,22)23)26-11-16-27-17(28-29-16)13-5-3-7-15(20)9-13;/h2-9H,10-11H2,1H3,(H2,24,25,26);1H. The maximum Gasteiger partial charge on any atom is 0.416 e. The first-order chi connectivity index (χ1) is 13.8. The molecular formula is C19H18ClF3IN5O. The van der Waals surface area contributed by atoms with E-state index in [0.717, 1.165) is 17.7 Å². The zero-order valence-electron chi connectivity index (χ0n) is 15.7. The van der Waals surface area contributed by atoms with E-state index in [1.807, 2.05) is 6.07 Å². The summed E-state index contributed by atoms with van der Waals surface area (Å²) in [5, 5.41) is 10.4. The molecule has 0 spiro atoms. The molecule has 1 aromatic heterocycles. The second kappa shape index (κ2) is 10.6. The lowest BCUT2D eigenvalue weighted by atomic mass is 10.1. The van der Waals surface area contributed by atoms with Crippen molar-refractivity contribution in [3.63, 3.8) is 0 Å². The van der Waals surface area contributed by atoms with Crippen LogP contribution in [0.15, 0.2) is 58.0 Å². The van der Waals surface area contributed by atoms with Gasteiger partial charge in [0.05, 0.1) is 12.1 Å². The molecule has 3 rings (SSSR count). The molecule has 0 aliphatic carbocycles. The highest BCUT2D eigenvalue weighted by atomic mass is 127. The SMILES string of the molecule is CN=C(NCc1cccc(C(F)(F)F)c1)NCc1nc(-c2cccc(Cl)c2)no1.I. The molecule has 0 amide bonds. The smallest absolute Gasteiger partial charge is 0.352 e. The lowest BCUT2D eigenvalue weighted by Crippen LogP contribution is -2.36. The summed E-state index contributed by atoms with van der Waals surface area (Å²) < 4.78 is 43.6. The third-order valence-corrected chi connectivity index (χ3v) is 4.13. The molecule has 0 saturated heterocycles. The van der Waals surface area contributed by atoms with Gasteiger partial charge in [0.15, 0.2) is 5.96 Å². The van der Waals surface area contributed by atoms with Crippen LogP contribution in [0.1, 0.15) is 17.0 Å². The molecule has 0 aliphatic heterocycles. The van der Waals surface area contributed by atoms with Crippen molar-refractivity contribution in [2.75, 3.05) is 7.05 Å². The van der Waals surface area contributed by atoms with Crippen molar-refractivity contribution in [1.82, 2.24) is 20.8 Å². The first-order valence-electron chi connectivity index (χ1n) is 8.54. The minimum atomic E-state index is -4.38. The van der Waals surface area contributed by atoms with Crippen LogP contribution in [0.2, 0.25) is 5.02 Å². The highest BCUT2D eigenvalue weighted by molar-refractivity contribution is 14.0. The molecule has 2 N–H and O–H groups in total.